The second kappa shape index (κ2) is 5.83. The molecule has 0 radical (unpaired) electrons. The first-order valence-electron chi connectivity index (χ1n) is 5.26. The fraction of sp³-hybridized carbons (Fsp3) is 0.636. The number of nitrogens with zero attached hydrogens (tertiary/aromatic N) is 1. The van der Waals surface area contributed by atoms with Crippen LogP contribution in [0, 0.1) is 0 Å². The number of likely N-dealkylation sites (N-methyl/N-ethyl adjacent to an activating group) is 1. The van der Waals surface area contributed by atoms with E-state index < -0.39 is 0 Å². The maximum Gasteiger partial charge on any atom is 0.117 e. The number of hydrogen-bond acceptors (Lipinski definition) is 3. The van der Waals surface area contributed by atoms with Gasteiger partial charge < -0.3 is 10.2 Å². The summed E-state index contributed by atoms with van der Waals surface area (Å²) in [6.45, 7) is 7.07. The topological polar surface area (TPSA) is 42.4 Å². The molecule has 0 aliphatic carbocycles. The summed E-state index contributed by atoms with van der Waals surface area (Å²) in [4.78, 5) is 2.30. The van der Waals surface area contributed by atoms with Gasteiger partial charge in [0.05, 0.1) is 12.8 Å². The Bertz CT molecular complexity index is 233. The molecule has 1 aromatic rings. The van der Waals surface area contributed by atoms with E-state index in [2.05, 4.69) is 18.7 Å². The van der Waals surface area contributed by atoms with Gasteiger partial charge in [-0.15, -0.1) is 0 Å². The number of rotatable bonds is 6. The maximum atomic E-state index is 5.91. The van der Waals surface area contributed by atoms with Gasteiger partial charge in [0, 0.05) is 12.6 Å². The summed E-state index contributed by atoms with van der Waals surface area (Å²) in [5.74, 6) is 1.01. The summed E-state index contributed by atoms with van der Waals surface area (Å²) in [5, 5.41) is 0. The van der Waals surface area contributed by atoms with Gasteiger partial charge in [-0.25, -0.2) is 0 Å². The molecule has 1 heterocycles. The summed E-state index contributed by atoms with van der Waals surface area (Å²) in [7, 11) is 0. The lowest BCUT2D eigenvalue weighted by molar-refractivity contribution is 0.239. The highest BCUT2D eigenvalue weighted by atomic mass is 16.3. The van der Waals surface area contributed by atoms with Crippen LogP contribution in [0.2, 0.25) is 0 Å². The largest absolute Gasteiger partial charge is 0.468 e. The van der Waals surface area contributed by atoms with E-state index in [0.29, 0.717) is 0 Å². The molecule has 0 fully saturated rings. The van der Waals surface area contributed by atoms with Crippen molar-refractivity contribution in [2.24, 2.45) is 5.73 Å². The molecule has 3 heteroatoms. The third-order valence-corrected chi connectivity index (χ3v) is 2.42. The van der Waals surface area contributed by atoms with E-state index in [0.717, 1.165) is 31.8 Å². The number of furan rings is 1. The minimum absolute atomic E-state index is 0.268. The van der Waals surface area contributed by atoms with Crippen molar-refractivity contribution in [3.8, 4) is 0 Å². The molecule has 14 heavy (non-hydrogen) atoms. The third kappa shape index (κ3) is 3.52. The molecule has 0 saturated heterocycles. The molecular formula is C11H20N2O. The zero-order valence-electron chi connectivity index (χ0n) is 9.07. The van der Waals surface area contributed by atoms with Crippen LogP contribution in [0.5, 0.6) is 0 Å². The van der Waals surface area contributed by atoms with E-state index >= 15 is 0 Å². The Labute approximate surface area is 85.9 Å². The van der Waals surface area contributed by atoms with Crippen molar-refractivity contribution in [2.75, 3.05) is 13.1 Å². The average Bonchev–Trinajstić information content (AvgIpc) is 2.69. The van der Waals surface area contributed by atoms with Crippen LogP contribution in [0.25, 0.3) is 0 Å². The van der Waals surface area contributed by atoms with Crippen LogP contribution < -0.4 is 5.73 Å². The van der Waals surface area contributed by atoms with Crippen LogP contribution in [0.4, 0.5) is 0 Å². The molecule has 0 bridgehead atoms. The Kier molecular flexibility index (Phi) is 4.70. The van der Waals surface area contributed by atoms with Gasteiger partial charge >= 0.3 is 0 Å². The second-order valence-electron chi connectivity index (χ2n) is 3.58. The maximum absolute atomic E-state index is 5.91. The Balaban J connectivity index is 2.39. The molecule has 0 aliphatic rings. The Morgan fingerprint density at radius 1 is 1.50 bits per heavy atom. The highest BCUT2D eigenvalue weighted by Crippen LogP contribution is 2.05. The minimum Gasteiger partial charge on any atom is -0.468 e. The summed E-state index contributed by atoms with van der Waals surface area (Å²) in [6.07, 6.45) is 2.73. The standard InChI is InChI=1S/C11H20N2O/c1-3-10(12)8-13(4-2)9-11-6-5-7-14-11/h5-7,10H,3-4,8-9,12H2,1-2H3. The van der Waals surface area contributed by atoms with E-state index in [1.165, 1.54) is 0 Å². The first kappa shape index (κ1) is 11.3. The van der Waals surface area contributed by atoms with Crippen molar-refractivity contribution in [2.45, 2.75) is 32.9 Å². The van der Waals surface area contributed by atoms with Crippen molar-refractivity contribution in [3.63, 3.8) is 0 Å². The summed E-state index contributed by atoms with van der Waals surface area (Å²) < 4.78 is 5.30. The number of hydrogen-bond donors (Lipinski definition) is 1. The molecule has 0 aliphatic heterocycles. The lowest BCUT2D eigenvalue weighted by Crippen LogP contribution is -2.36. The van der Waals surface area contributed by atoms with Gasteiger partial charge in [-0.05, 0) is 25.1 Å². The van der Waals surface area contributed by atoms with E-state index in [1.807, 2.05) is 12.1 Å². The fourth-order valence-corrected chi connectivity index (χ4v) is 1.39. The van der Waals surface area contributed by atoms with Gasteiger partial charge in [-0.3, -0.25) is 4.90 Å². The Hall–Kier alpha value is -0.800. The van der Waals surface area contributed by atoms with Crippen molar-refractivity contribution in [1.29, 1.82) is 0 Å². The molecule has 0 spiro atoms. The molecule has 1 aromatic heterocycles. The van der Waals surface area contributed by atoms with E-state index in [9.17, 15) is 0 Å². The highest BCUT2D eigenvalue weighted by molar-refractivity contribution is 4.97. The molecule has 0 aromatic carbocycles. The van der Waals surface area contributed by atoms with Gasteiger partial charge in [0.15, 0.2) is 0 Å². The van der Waals surface area contributed by atoms with Crippen molar-refractivity contribution < 1.29 is 4.42 Å². The zero-order chi connectivity index (χ0) is 10.4. The van der Waals surface area contributed by atoms with Crippen LogP contribution in [0.1, 0.15) is 26.0 Å². The predicted octanol–water partition coefficient (Wildman–Crippen LogP) is 1.84. The van der Waals surface area contributed by atoms with Crippen molar-refractivity contribution in [3.05, 3.63) is 24.2 Å². The van der Waals surface area contributed by atoms with Gasteiger partial charge in [-0.2, -0.15) is 0 Å². The molecule has 0 amide bonds. The molecule has 1 rings (SSSR count). The molecular weight excluding hydrogens is 176 g/mol. The zero-order valence-corrected chi connectivity index (χ0v) is 9.07. The molecule has 1 unspecified atom stereocenters. The lowest BCUT2D eigenvalue weighted by Gasteiger charge is -2.22. The van der Waals surface area contributed by atoms with Gasteiger partial charge in [0.1, 0.15) is 5.76 Å². The normalized spacial score (nSPS) is 13.4. The Morgan fingerprint density at radius 2 is 2.29 bits per heavy atom. The molecule has 0 saturated carbocycles. The molecule has 2 N–H and O–H groups in total. The number of nitrogens with two attached hydrogens (primary N) is 1. The molecule has 3 nitrogen and oxygen atoms in total. The average molecular weight is 196 g/mol. The molecule has 1 atom stereocenters. The van der Waals surface area contributed by atoms with Crippen molar-refractivity contribution in [1.82, 2.24) is 4.90 Å². The monoisotopic (exact) mass is 196 g/mol. The van der Waals surface area contributed by atoms with E-state index in [-0.39, 0.29) is 6.04 Å². The van der Waals surface area contributed by atoms with Crippen LogP contribution >= 0.6 is 0 Å². The summed E-state index contributed by atoms with van der Waals surface area (Å²) >= 11 is 0. The van der Waals surface area contributed by atoms with E-state index in [1.54, 1.807) is 6.26 Å². The van der Waals surface area contributed by atoms with Gasteiger partial charge in [-0.1, -0.05) is 13.8 Å². The van der Waals surface area contributed by atoms with Crippen molar-refractivity contribution >= 4 is 0 Å². The highest BCUT2D eigenvalue weighted by Gasteiger charge is 2.08. The lowest BCUT2D eigenvalue weighted by atomic mass is 10.2. The minimum atomic E-state index is 0.268. The Morgan fingerprint density at radius 3 is 2.79 bits per heavy atom. The van der Waals surface area contributed by atoms with E-state index in [4.69, 9.17) is 10.2 Å². The third-order valence-electron chi connectivity index (χ3n) is 2.42. The SMILES string of the molecule is CCC(N)CN(CC)Cc1ccco1. The van der Waals surface area contributed by atoms with Crippen LogP contribution in [0.3, 0.4) is 0 Å². The predicted molar refractivity (Wildman–Crippen MR) is 57.9 cm³/mol. The van der Waals surface area contributed by atoms with Crippen LogP contribution in [-0.4, -0.2) is 24.0 Å². The summed E-state index contributed by atoms with van der Waals surface area (Å²) in [5.41, 5.74) is 5.91. The van der Waals surface area contributed by atoms with Crippen LogP contribution in [0.15, 0.2) is 22.8 Å². The second-order valence-corrected chi connectivity index (χ2v) is 3.58. The smallest absolute Gasteiger partial charge is 0.117 e. The van der Waals surface area contributed by atoms with Gasteiger partial charge in [0.25, 0.3) is 0 Å². The van der Waals surface area contributed by atoms with Crippen LogP contribution in [-0.2, 0) is 6.54 Å². The fourth-order valence-electron chi connectivity index (χ4n) is 1.39. The summed E-state index contributed by atoms with van der Waals surface area (Å²) in [6, 6.07) is 4.19. The quantitative estimate of drug-likeness (QED) is 0.755. The molecule has 80 valence electrons. The van der Waals surface area contributed by atoms with Gasteiger partial charge in [0.2, 0.25) is 0 Å². The first-order valence-corrected chi connectivity index (χ1v) is 5.26. The first-order chi connectivity index (χ1) is 6.76.